The van der Waals surface area contributed by atoms with Crippen molar-refractivity contribution in [3.63, 3.8) is 0 Å². The molecule has 3 heteroatoms. The van der Waals surface area contributed by atoms with E-state index in [0.717, 1.165) is 10.9 Å². The second kappa shape index (κ2) is 3.51. The molecule has 15 heavy (non-hydrogen) atoms. The van der Waals surface area contributed by atoms with Gasteiger partial charge in [0.15, 0.2) is 5.78 Å². The van der Waals surface area contributed by atoms with Gasteiger partial charge in [0.2, 0.25) is 0 Å². The Bertz CT molecular complexity index is 526. The molecule has 0 aliphatic carbocycles. The van der Waals surface area contributed by atoms with Gasteiger partial charge in [-0.25, -0.2) is 0 Å². The summed E-state index contributed by atoms with van der Waals surface area (Å²) in [4.78, 5) is 14.5. The van der Waals surface area contributed by atoms with Gasteiger partial charge in [-0.05, 0) is 31.0 Å². The van der Waals surface area contributed by atoms with Crippen LogP contribution in [0.5, 0.6) is 0 Å². The van der Waals surface area contributed by atoms with Crippen molar-refractivity contribution in [3.05, 3.63) is 35.0 Å². The van der Waals surface area contributed by atoms with Crippen LogP contribution in [0, 0.1) is 13.8 Å². The van der Waals surface area contributed by atoms with Crippen LogP contribution in [0.4, 0.5) is 0 Å². The van der Waals surface area contributed by atoms with E-state index in [1.807, 2.05) is 19.1 Å². The molecule has 2 rings (SSSR count). The van der Waals surface area contributed by atoms with Crippen LogP contribution >= 0.6 is 0 Å². The topological polar surface area (TPSA) is 58.9 Å². The van der Waals surface area contributed by atoms with E-state index in [9.17, 15) is 4.79 Å². The fourth-order valence-electron chi connectivity index (χ4n) is 1.71. The van der Waals surface area contributed by atoms with Crippen molar-refractivity contribution in [2.24, 2.45) is 5.73 Å². The average molecular weight is 202 g/mol. The summed E-state index contributed by atoms with van der Waals surface area (Å²) in [5.41, 5.74) is 9.36. The summed E-state index contributed by atoms with van der Waals surface area (Å²) in [6.45, 7) is 4.15. The molecule has 78 valence electrons. The van der Waals surface area contributed by atoms with Crippen LogP contribution in [-0.2, 0) is 0 Å². The number of rotatable bonds is 2. The van der Waals surface area contributed by atoms with Crippen molar-refractivity contribution >= 4 is 16.7 Å². The van der Waals surface area contributed by atoms with Gasteiger partial charge in [-0.3, -0.25) is 4.79 Å². The third kappa shape index (κ3) is 1.55. The van der Waals surface area contributed by atoms with Gasteiger partial charge < -0.3 is 10.7 Å². The minimum atomic E-state index is -0.0525. The number of carbonyl (C=O) groups is 1. The highest BCUT2D eigenvalue weighted by Crippen LogP contribution is 2.21. The highest BCUT2D eigenvalue weighted by atomic mass is 16.1. The first kappa shape index (κ1) is 9.93. The Morgan fingerprint density at radius 2 is 2.13 bits per heavy atom. The minimum absolute atomic E-state index is 0.0465. The third-order valence-electron chi connectivity index (χ3n) is 2.81. The van der Waals surface area contributed by atoms with Crippen molar-refractivity contribution in [1.29, 1.82) is 0 Å². The number of aromatic amines is 1. The molecule has 1 aromatic heterocycles. The molecule has 0 aliphatic rings. The van der Waals surface area contributed by atoms with Crippen LogP contribution in [0.3, 0.4) is 0 Å². The Hall–Kier alpha value is -1.61. The number of H-pyrrole nitrogens is 1. The quantitative estimate of drug-likeness (QED) is 0.731. The van der Waals surface area contributed by atoms with Gasteiger partial charge in [0, 0.05) is 10.9 Å². The summed E-state index contributed by atoms with van der Waals surface area (Å²) in [5, 5.41) is 1.06. The fraction of sp³-hybridized carbons (Fsp3) is 0.250. The van der Waals surface area contributed by atoms with E-state index in [-0.39, 0.29) is 12.3 Å². The lowest BCUT2D eigenvalue weighted by molar-refractivity contribution is 0.0997. The summed E-state index contributed by atoms with van der Waals surface area (Å²) < 4.78 is 0. The molecule has 1 heterocycles. The molecule has 0 fully saturated rings. The molecule has 0 atom stereocenters. The Kier molecular flexibility index (Phi) is 2.32. The second-order valence-corrected chi connectivity index (χ2v) is 3.78. The molecule has 0 radical (unpaired) electrons. The van der Waals surface area contributed by atoms with Gasteiger partial charge in [-0.15, -0.1) is 0 Å². The normalized spacial score (nSPS) is 10.9. The van der Waals surface area contributed by atoms with Crippen molar-refractivity contribution < 1.29 is 4.79 Å². The maximum atomic E-state index is 11.4. The van der Waals surface area contributed by atoms with Gasteiger partial charge in [0.25, 0.3) is 0 Å². The number of benzene rings is 1. The van der Waals surface area contributed by atoms with E-state index in [0.29, 0.717) is 5.69 Å². The van der Waals surface area contributed by atoms with Crippen LogP contribution in [-0.4, -0.2) is 17.3 Å². The molecule has 0 unspecified atom stereocenters. The van der Waals surface area contributed by atoms with E-state index in [4.69, 9.17) is 5.73 Å². The average Bonchev–Trinajstić information content (AvgIpc) is 2.67. The molecule has 1 aromatic carbocycles. The molecule has 0 spiro atoms. The van der Waals surface area contributed by atoms with Crippen molar-refractivity contribution in [1.82, 2.24) is 4.98 Å². The Morgan fingerprint density at radius 3 is 2.80 bits per heavy atom. The summed E-state index contributed by atoms with van der Waals surface area (Å²) in [7, 11) is 0. The van der Waals surface area contributed by atoms with E-state index >= 15 is 0 Å². The Morgan fingerprint density at radius 1 is 1.40 bits per heavy atom. The van der Waals surface area contributed by atoms with Crippen molar-refractivity contribution in [2.45, 2.75) is 13.8 Å². The number of ketones is 1. The molecular formula is C12H14N2O. The molecule has 0 saturated carbocycles. The first-order valence-electron chi connectivity index (χ1n) is 4.95. The number of nitrogens with two attached hydrogens (primary N) is 1. The van der Waals surface area contributed by atoms with Crippen LogP contribution in [0.15, 0.2) is 18.2 Å². The number of nitrogens with one attached hydrogen (secondary N) is 1. The van der Waals surface area contributed by atoms with Crippen molar-refractivity contribution in [2.75, 3.05) is 6.54 Å². The van der Waals surface area contributed by atoms with Gasteiger partial charge in [0.05, 0.1) is 12.2 Å². The summed E-state index contributed by atoms with van der Waals surface area (Å²) >= 11 is 0. The van der Waals surface area contributed by atoms with E-state index < -0.39 is 0 Å². The number of hydrogen-bond donors (Lipinski definition) is 2. The van der Waals surface area contributed by atoms with Crippen LogP contribution in [0.2, 0.25) is 0 Å². The van der Waals surface area contributed by atoms with Crippen LogP contribution in [0.25, 0.3) is 10.9 Å². The van der Waals surface area contributed by atoms with E-state index in [1.54, 1.807) is 0 Å². The SMILES string of the molecule is Cc1ccc2cc(C(=O)CN)[nH]c2c1C. The molecule has 3 nitrogen and oxygen atoms in total. The number of carbonyl (C=O) groups excluding carboxylic acids is 1. The predicted molar refractivity (Wildman–Crippen MR) is 61.2 cm³/mol. The van der Waals surface area contributed by atoms with Gasteiger partial charge in [-0.2, -0.15) is 0 Å². The molecule has 0 aliphatic heterocycles. The second-order valence-electron chi connectivity index (χ2n) is 3.78. The first-order valence-corrected chi connectivity index (χ1v) is 4.95. The van der Waals surface area contributed by atoms with Gasteiger partial charge >= 0.3 is 0 Å². The summed E-state index contributed by atoms with van der Waals surface area (Å²) in [6.07, 6.45) is 0. The lowest BCUT2D eigenvalue weighted by Crippen LogP contribution is -2.13. The standard InChI is InChI=1S/C12H14N2O/c1-7-3-4-9-5-10(11(15)6-13)14-12(9)8(7)2/h3-5,14H,6,13H2,1-2H3. The van der Waals surface area contributed by atoms with E-state index in [1.165, 1.54) is 11.1 Å². The minimum Gasteiger partial charge on any atom is -0.352 e. The molecule has 0 bridgehead atoms. The van der Waals surface area contributed by atoms with E-state index in [2.05, 4.69) is 18.0 Å². The van der Waals surface area contributed by atoms with Crippen LogP contribution < -0.4 is 5.73 Å². The predicted octanol–water partition coefficient (Wildman–Crippen LogP) is 1.93. The fourth-order valence-corrected chi connectivity index (χ4v) is 1.71. The molecule has 3 N–H and O–H groups in total. The monoisotopic (exact) mass is 202 g/mol. The zero-order valence-electron chi connectivity index (χ0n) is 8.92. The lowest BCUT2D eigenvalue weighted by atomic mass is 10.1. The van der Waals surface area contributed by atoms with Gasteiger partial charge in [0.1, 0.15) is 0 Å². The molecule has 2 aromatic rings. The lowest BCUT2D eigenvalue weighted by Gasteiger charge is -1.99. The maximum Gasteiger partial charge on any atom is 0.192 e. The highest BCUT2D eigenvalue weighted by Gasteiger charge is 2.09. The number of fused-ring (bicyclic) bond motifs is 1. The first-order chi connectivity index (χ1) is 7.13. The molecular weight excluding hydrogens is 188 g/mol. The van der Waals surface area contributed by atoms with Crippen molar-refractivity contribution in [3.8, 4) is 0 Å². The van der Waals surface area contributed by atoms with Gasteiger partial charge in [-0.1, -0.05) is 12.1 Å². The molecule has 0 saturated heterocycles. The third-order valence-corrected chi connectivity index (χ3v) is 2.81. The molecule has 0 amide bonds. The Labute approximate surface area is 88.3 Å². The zero-order valence-corrected chi connectivity index (χ0v) is 8.92. The Balaban J connectivity index is 2.66. The summed E-state index contributed by atoms with van der Waals surface area (Å²) in [5.74, 6) is -0.0525. The number of aryl methyl sites for hydroxylation is 2. The zero-order chi connectivity index (χ0) is 11.0. The van der Waals surface area contributed by atoms with Crippen LogP contribution in [0.1, 0.15) is 21.6 Å². The summed E-state index contributed by atoms with van der Waals surface area (Å²) in [6, 6.07) is 5.93. The maximum absolute atomic E-state index is 11.4. The number of hydrogen-bond acceptors (Lipinski definition) is 2. The smallest absolute Gasteiger partial charge is 0.192 e. The highest BCUT2D eigenvalue weighted by molar-refractivity contribution is 6.01. The number of aromatic nitrogens is 1. The largest absolute Gasteiger partial charge is 0.352 e. The number of Topliss-reactive ketones (excluding diaryl/α,β-unsaturated/α-hetero) is 1.